The number of nitrogens with zero attached hydrogens (tertiary/aromatic N) is 3. The quantitative estimate of drug-likeness (QED) is 0.242. The third-order valence-corrected chi connectivity index (χ3v) is 3.86. The van der Waals surface area contributed by atoms with Crippen LogP contribution in [0.15, 0.2) is 64.9 Å². The van der Waals surface area contributed by atoms with Gasteiger partial charge in [0.1, 0.15) is 5.76 Å². The number of hydrogen-bond donors (Lipinski definition) is 3. The zero-order valence-electron chi connectivity index (χ0n) is 12.8. The lowest BCUT2D eigenvalue weighted by Crippen LogP contribution is -2.09. The van der Waals surface area contributed by atoms with E-state index >= 15 is 0 Å². The molecule has 1 aliphatic carbocycles. The van der Waals surface area contributed by atoms with Crippen LogP contribution in [0.2, 0.25) is 0 Å². The van der Waals surface area contributed by atoms with E-state index in [1.165, 1.54) is 42.5 Å². The second-order valence-electron chi connectivity index (χ2n) is 4.78. The fourth-order valence-corrected chi connectivity index (χ4v) is 2.46. The Kier molecular flexibility index (Phi) is 6.06. The molecular weight excluding hydrogens is 348 g/mol. The van der Waals surface area contributed by atoms with Crippen LogP contribution in [0.3, 0.4) is 0 Å². The summed E-state index contributed by atoms with van der Waals surface area (Å²) in [7, 11) is 0. The van der Waals surface area contributed by atoms with Crippen molar-refractivity contribution in [3.8, 4) is 0 Å². The van der Waals surface area contributed by atoms with Crippen molar-refractivity contribution < 1.29 is 15.2 Å². The van der Waals surface area contributed by atoms with Crippen LogP contribution >= 0.6 is 11.8 Å². The van der Waals surface area contributed by atoms with Gasteiger partial charge in [-0.25, -0.2) is 4.99 Å². The van der Waals surface area contributed by atoms with Gasteiger partial charge in [-0.15, -0.1) is 0 Å². The molecule has 0 bridgehead atoms. The van der Waals surface area contributed by atoms with Crippen molar-refractivity contribution in [2.45, 2.75) is 0 Å². The van der Waals surface area contributed by atoms with E-state index in [-0.39, 0.29) is 33.3 Å². The predicted octanol–water partition coefficient (Wildman–Crippen LogP) is 2.45. The number of aliphatic hydroxyl groups is 1. The van der Waals surface area contributed by atoms with Crippen LogP contribution in [-0.4, -0.2) is 31.8 Å². The minimum atomic E-state index is -0.524. The molecule has 0 aliphatic heterocycles. The van der Waals surface area contributed by atoms with Gasteiger partial charge in [-0.2, -0.15) is 4.90 Å². The van der Waals surface area contributed by atoms with Crippen LogP contribution in [0, 0.1) is 15.6 Å². The van der Waals surface area contributed by atoms with Gasteiger partial charge in [-0.3, -0.25) is 5.21 Å². The van der Waals surface area contributed by atoms with Crippen molar-refractivity contribution in [3.63, 3.8) is 0 Å². The monoisotopic (exact) mass is 362 g/mol. The number of amidine groups is 1. The van der Waals surface area contributed by atoms with Crippen molar-refractivity contribution in [3.05, 3.63) is 75.5 Å². The first-order chi connectivity index (χ1) is 11.9. The van der Waals surface area contributed by atoms with Gasteiger partial charge >= 0.3 is 0 Å². The van der Waals surface area contributed by atoms with Crippen molar-refractivity contribution in [2.75, 3.05) is 11.0 Å². The first-order valence-corrected chi connectivity index (χ1v) is 7.88. The van der Waals surface area contributed by atoms with Crippen LogP contribution in [-0.2, 0) is 0 Å². The third-order valence-electron chi connectivity index (χ3n) is 3.06. The molecule has 0 atom stereocenters. The summed E-state index contributed by atoms with van der Waals surface area (Å²) in [5, 5.41) is 50.8. The number of aliphatic hydroxyl groups excluding tert-OH is 1. The summed E-state index contributed by atoms with van der Waals surface area (Å²) in [6, 6.07) is 5.89. The number of aliphatic imine (C=N–C) groups is 1. The summed E-state index contributed by atoms with van der Waals surface area (Å²) in [6.45, 7) is 0. The summed E-state index contributed by atoms with van der Waals surface area (Å²) in [5.41, 5.74) is 6.52. The molecule has 0 saturated heterocycles. The van der Waals surface area contributed by atoms with Crippen LogP contribution in [0.1, 0.15) is 0 Å². The smallest absolute Gasteiger partial charge is 0.222 e. The highest BCUT2D eigenvalue weighted by Gasteiger charge is 2.08. The number of benzene rings is 1. The minimum Gasteiger partial charge on any atom is -0.733 e. The van der Waals surface area contributed by atoms with E-state index in [4.69, 9.17) is 10.9 Å². The second kappa shape index (κ2) is 8.24. The van der Waals surface area contributed by atoms with Gasteiger partial charge in [-0.05, 0) is 30.4 Å². The third kappa shape index (κ3) is 5.28. The second-order valence-corrected chi connectivity index (χ2v) is 5.78. The average molecular weight is 362 g/mol. The van der Waals surface area contributed by atoms with Gasteiger partial charge < -0.3 is 31.7 Å². The Labute approximate surface area is 147 Å². The number of nitrogens with two attached hydrogens (primary N) is 1. The Balaban J connectivity index is 2.02. The minimum absolute atomic E-state index is 0.00658. The first-order valence-electron chi connectivity index (χ1n) is 6.89. The molecule has 0 amide bonds. The number of allylic oxidation sites excluding steroid dienone is 5. The topological polar surface area (TPSA) is 154 Å². The summed E-state index contributed by atoms with van der Waals surface area (Å²) in [4.78, 5) is 3.55. The Morgan fingerprint density at radius 2 is 1.92 bits per heavy atom. The molecule has 0 radical (unpaired) electrons. The Hall–Kier alpha value is -2.95. The van der Waals surface area contributed by atoms with Crippen molar-refractivity contribution >= 4 is 34.0 Å². The summed E-state index contributed by atoms with van der Waals surface area (Å²) >= 11 is 1.05. The number of rotatable bonds is 4. The van der Waals surface area contributed by atoms with Gasteiger partial charge in [0.05, 0.1) is 17.1 Å². The van der Waals surface area contributed by atoms with Gasteiger partial charge in [0.25, 0.3) is 0 Å². The van der Waals surface area contributed by atoms with E-state index in [0.29, 0.717) is 11.3 Å². The van der Waals surface area contributed by atoms with Crippen molar-refractivity contribution in [1.82, 2.24) is 0 Å². The van der Waals surface area contributed by atoms with Gasteiger partial charge in [0, 0.05) is 17.7 Å². The largest absolute Gasteiger partial charge is 0.733 e. The lowest BCUT2D eigenvalue weighted by molar-refractivity contribution is -0.377. The van der Waals surface area contributed by atoms with Crippen LogP contribution in [0.25, 0.3) is 0 Å². The van der Waals surface area contributed by atoms with Crippen LogP contribution in [0.4, 0.5) is 11.4 Å². The lowest BCUT2D eigenvalue weighted by Gasteiger charge is -2.21. The maximum atomic E-state index is 10.8. The molecule has 0 unspecified atom stereocenters. The molecule has 2 rings (SSSR count). The van der Waals surface area contributed by atoms with E-state index < -0.39 is 4.90 Å². The maximum Gasteiger partial charge on any atom is 0.222 e. The number of thioether (sulfide) groups is 1. The van der Waals surface area contributed by atoms with E-state index in [2.05, 4.69) is 4.99 Å². The molecule has 9 nitrogen and oxygen atoms in total. The Morgan fingerprint density at radius 1 is 1.24 bits per heavy atom. The molecule has 4 N–H and O–H groups in total. The fraction of sp³-hybridized carbons (Fsp3) is 0.0667. The molecule has 0 aromatic heterocycles. The molecule has 0 heterocycles. The van der Waals surface area contributed by atoms with E-state index in [1.54, 1.807) is 6.07 Å². The maximum absolute atomic E-state index is 10.8. The van der Waals surface area contributed by atoms with Crippen molar-refractivity contribution in [2.24, 2.45) is 10.7 Å². The van der Waals surface area contributed by atoms with E-state index in [1.807, 2.05) is 0 Å². The van der Waals surface area contributed by atoms with E-state index in [9.17, 15) is 20.7 Å². The average Bonchev–Trinajstić information content (AvgIpc) is 2.60. The highest BCUT2D eigenvalue weighted by atomic mass is 32.2. The van der Waals surface area contributed by atoms with Crippen molar-refractivity contribution in [1.29, 1.82) is 0 Å². The molecular formula is C15H14N4O5S-2. The number of hydrogen-bond acceptors (Lipinski definition) is 8. The van der Waals surface area contributed by atoms with Crippen LogP contribution < -0.4 is 11.0 Å². The molecule has 1 aliphatic rings. The molecule has 10 heteroatoms. The molecule has 1 aromatic carbocycles. The Morgan fingerprint density at radius 3 is 2.52 bits per heavy atom. The molecule has 25 heavy (non-hydrogen) atoms. The zero-order valence-corrected chi connectivity index (χ0v) is 13.6. The van der Waals surface area contributed by atoms with Gasteiger partial charge in [-0.1, -0.05) is 17.8 Å². The molecule has 132 valence electrons. The lowest BCUT2D eigenvalue weighted by atomic mass is 10.1. The highest BCUT2D eigenvalue weighted by Crippen LogP contribution is 2.22. The zero-order chi connectivity index (χ0) is 18.4. The van der Waals surface area contributed by atoms with Gasteiger partial charge in [0.15, 0.2) is 5.17 Å². The summed E-state index contributed by atoms with van der Waals surface area (Å²) < 4.78 is 0. The predicted molar refractivity (Wildman–Crippen MR) is 97.8 cm³/mol. The standard InChI is InChI=1S/C15H14N4O5S/c16-15(17-11-2-1-3-13(8-11)19(23)24)25-9-14(20)10-4-6-12(7-5-10)18(21)22/h1-8,23H,9H2,(H3-,16,17,20,21,22)/q-2. The molecule has 0 fully saturated rings. The SMILES string of the molecule is NC(=Nc1cccc(N([O-])O)c1)SCC(O)=C1C=CC(=[N+]([O-])[O-])C=C1. The van der Waals surface area contributed by atoms with Gasteiger partial charge in [0.2, 0.25) is 5.71 Å². The van der Waals surface area contributed by atoms with Crippen LogP contribution in [0.5, 0.6) is 0 Å². The normalized spacial score (nSPS) is 13.9. The Bertz CT molecular complexity index is 777. The molecule has 1 aromatic rings. The fourth-order valence-electron chi connectivity index (χ4n) is 1.84. The molecule has 0 saturated carbocycles. The number of anilines is 1. The first kappa shape index (κ1) is 18.4. The molecule has 0 spiro atoms. The summed E-state index contributed by atoms with van der Waals surface area (Å²) in [6.07, 6.45) is 5.47. The highest BCUT2D eigenvalue weighted by molar-refractivity contribution is 8.13. The summed E-state index contributed by atoms with van der Waals surface area (Å²) in [5.74, 6) is 0.105. The van der Waals surface area contributed by atoms with E-state index in [0.717, 1.165) is 11.8 Å².